The summed E-state index contributed by atoms with van der Waals surface area (Å²) in [5, 5.41) is 0. The zero-order valence-corrected chi connectivity index (χ0v) is 24.9. The first kappa shape index (κ1) is 28.8. The van der Waals surface area contributed by atoms with Gasteiger partial charge in [0, 0.05) is 13.2 Å². The lowest BCUT2D eigenvalue weighted by Gasteiger charge is -2.67. The van der Waals surface area contributed by atoms with E-state index in [-0.39, 0.29) is 23.9 Å². The van der Waals surface area contributed by atoms with Crippen molar-refractivity contribution in [2.24, 2.45) is 0 Å². The number of β-lactam (4-membered cyclic amide) rings is 2. The SMILES string of the molecule is CCO[C@@H]1C(=O)N(C(c2ccccc2)c2ccccc2)[C@]1(C)[C@H]1[C@@H](OCC)C(=O)N1C(c1ccccc1)c1ccccc1. The van der Waals surface area contributed by atoms with Crippen LogP contribution in [0.15, 0.2) is 121 Å². The molecule has 2 fully saturated rings. The second-order valence-corrected chi connectivity index (χ2v) is 11.3. The van der Waals surface area contributed by atoms with Crippen molar-refractivity contribution < 1.29 is 19.1 Å². The number of carbonyl (C=O) groups is 2. The lowest BCUT2D eigenvalue weighted by atomic mass is 9.66. The fraction of sp³-hybridized carbons (Fsp3) is 0.297. The summed E-state index contributed by atoms with van der Waals surface area (Å²) >= 11 is 0. The number of nitrogens with zero attached hydrogens (tertiary/aromatic N) is 2. The summed E-state index contributed by atoms with van der Waals surface area (Å²) in [6.07, 6.45) is -1.45. The minimum Gasteiger partial charge on any atom is -0.366 e. The van der Waals surface area contributed by atoms with Crippen molar-refractivity contribution >= 4 is 11.8 Å². The van der Waals surface area contributed by atoms with E-state index in [9.17, 15) is 9.59 Å². The Labute approximate surface area is 253 Å². The molecule has 0 N–H and O–H groups in total. The highest BCUT2D eigenvalue weighted by molar-refractivity contribution is 5.96. The zero-order valence-electron chi connectivity index (χ0n) is 24.9. The first-order chi connectivity index (χ1) is 21.0. The second kappa shape index (κ2) is 12.2. The molecule has 0 unspecified atom stereocenters. The molecule has 2 saturated heterocycles. The van der Waals surface area contributed by atoms with Gasteiger partial charge in [0.2, 0.25) is 0 Å². The van der Waals surface area contributed by atoms with Gasteiger partial charge in [0.15, 0.2) is 12.2 Å². The van der Waals surface area contributed by atoms with Crippen molar-refractivity contribution in [3.05, 3.63) is 144 Å². The van der Waals surface area contributed by atoms with Gasteiger partial charge in [-0.25, -0.2) is 0 Å². The average molecular weight is 575 g/mol. The Balaban J connectivity index is 1.53. The fourth-order valence-electron chi connectivity index (χ4n) is 7.03. The van der Waals surface area contributed by atoms with Gasteiger partial charge in [0.1, 0.15) is 0 Å². The van der Waals surface area contributed by atoms with Crippen LogP contribution in [0.1, 0.15) is 55.1 Å². The Kier molecular flexibility index (Phi) is 8.15. The third-order valence-electron chi connectivity index (χ3n) is 8.87. The largest absolute Gasteiger partial charge is 0.366 e. The van der Waals surface area contributed by atoms with E-state index < -0.39 is 23.8 Å². The Bertz CT molecular complexity index is 1450. The monoisotopic (exact) mass is 574 g/mol. The van der Waals surface area contributed by atoms with Crippen LogP contribution < -0.4 is 0 Å². The average Bonchev–Trinajstić information content (AvgIpc) is 3.06. The number of rotatable bonds is 11. The van der Waals surface area contributed by atoms with E-state index in [0.717, 1.165) is 22.3 Å². The molecule has 2 amide bonds. The molecule has 6 rings (SSSR count). The Morgan fingerprint density at radius 2 is 1.00 bits per heavy atom. The molecular formula is C37H38N2O4. The molecule has 6 nitrogen and oxygen atoms in total. The van der Waals surface area contributed by atoms with Crippen molar-refractivity contribution in [2.75, 3.05) is 13.2 Å². The van der Waals surface area contributed by atoms with E-state index in [0.29, 0.717) is 13.2 Å². The first-order valence-corrected chi connectivity index (χ1v) is 15.1. The van der Waals surface area contributed by atoms with Crippen molar-refractivity contribution in [3.8, 4) is 0 Å². The third kappa shape index (κ3) is 4.85. The number of amides is 2. The van der Waals surface area contributed by atoms with Crippen molar-refractivity contribution in [1.82, 2.24) is 9.80 Å². The summed E-state index contributed by atoms with van der Waals surface area (Å²) in [5.74, 6) is -0.177. The summed E-state index contributed by atoms with van der Waals surface area (Å²) in [5.41, 5.74) is 3.10. The van der Waals surface area contributed by atoms with Gasteiger partial charge in [0.05, 0.1) is 23.7 Å². The second-order valence-electron chi connectivity index (χ2n) is 11.3. The van der Waals surface area contributed by atoms with Crippen molar-refractivity contribution in [1.29, 1.82) is 0 Å². The van der Waals surface area contributed by atoms with E-state index in [1.165, 1.54) is 0 Å². The van der Waals surface area contributed by atoms with Gasteiger partial charge in [-0.1, -0.05) is 121 Å². The molecule has 0 spiro atoms. The zero-order chi connectivity index (χ0) is 30.0. The van der Waals surface area contributed by atoms with Gasteiger partial charge >= 0.3 is 0 Å². The van der Waals surface area contributed by atoms with Crippen molar-refractivity contribution in [3.63, 3.8) is 0 Å². The molecule has 4 atom stereocenters. The molecule has 2 aliphatic rings. The highest BCUT2D eigenvalue weighted by Gasteiger charge is 2.72. The van der Waals surface area contributed by atoms with Crippen LogP contribution in [0.5, 0.6) is 0 Å². The van der Waals surface area contributed by atoms with Gasteiger partial charge < -0.3 is 19.3 Å². The van der Waals surface area contributed by atoms with E-state index in [2.05, 4.69) is 55.5 Å². The number of likely N-dealkylation sites (tertiary alicyclic amines) is 2. The molecule has 0 bridgehead atoms. The maximum absolute atomic E-state index is 14.2. The smallest absolute Gasteiger partial charge is 0.255 e. The van der Waals surface area contributed by atoms with E-state index in [1.54, 1.807) is 0 Å². The number of hydrogen-bond donors (Lipinski definition) is 0. The summed E-state index contributed by atoms with van der Waals surface area (Å²) in [4.78, 5) is 32.3. The van der Waals surface area contributed by atoms with Crippen LogP contribution in [0, 0.1) is 0 Å². The number of ether oxygens (including phenoxy) is 2. The molecule has 4 aromatic carbocycles. The number of carbonyl (C=O) groups excluding carboxylic acids is 2. The van der Waals surface area contributed by atoms with Gasteiger partial charge in [-0.15, -0.1) is 0 Å². The summed E-state index contributed by atoms with van der Waals surface area (Å²) in [6, 6.07) is 39.1. The van der Waals surface area contributed by atoms with Crippen LogP contribution in [0.4, 0.5) is 0 Å². The lowest BCUT2D eigenvalue weighted by Crippen LogP contribution is -2.87. The fourth-order valence-corrected chi connectivity index (χ4v) is 7.03. The lowest BCUT2D eigenvalue weighted by molar-refractivity contribution is -0.239. The number of benzene rings is 4. The third-order valence-corrected chi connectivity index (χ3v) is 8.87. The van der Waals surface area contributed by atoms with Gasteiger partial charge in [-0.3, -0.25) is 9.59 Å². The molecule has 0 saturated carbocycles. The van der Waals surface area contributed by atoms with Crippen LogP contribution in [0.3, 0.4) is 0 Å². The predicted octanol–water partition coefficient (Wildman–Crippen LogP) is 6.19. The topological polar surface area (TPSA) is 59.1 Å². The van der Waals surface area contributed by atoms with Gasteiger partial charge in [-0.2, -0.15) is 0 Å². The number of hydrogen-bond acceptors (Lipinski definition) is 4. The minimum absolute atomic E-state index is 0.0868. The standard InChI is InChI=1S/C37H38N2O4/c1-4-42-32-33(38(35(32)40)30(26-18-10-6-11-19-26)27-20-12-7-13-21-27)37(3)34(43-5-2)36(41)39(37)31(28-22-14-8-15-23-28)29-24-16-9-17-25-29/h6-25,30-34H,4-5H2,1-3H3/t32-,33-,34-,37-/m1/s1. The first-order valence-electron chi connectivity index (χ1n) is 15.1. The summed E-state index contributed by atoms with van der Waals surface area (Å²) < 4.78 is 12.4. The maximum atomic E-state index is 14.2. The predicted molar refractivity (Wildman–Crippen MR) is 166 cm³/mol. The maximum Gasteiger partial charge on any atom is 0.255 e. The molecule has 0 aliphatic carbocycles. The Morgan fingerprint density at radius 1 is 0.605 bits per heavy atom. The Hall–Kier alpha value is -4.26. The molecule has 2 aliphatic heterocycles. The van der Waals surface area contributed by atoms with E-state index in [1.807, 2.05) is 96.4 Å². The van der Waals surface area contributed by atoms with Crippen LogP contribution in [-0.4, -0.2) is 58.6 Å². The normalized spacial score (nSPS) is 23.4. The molecule has 2 heterocycles. The van der Waals surface area contributed by atoms with E-state index >= 15 is 0 Å². The van der Waals surface area contributed by atoms with Crippen LogP contribution in [0.25, 0.3) is 0 Å². The molecule has 0 radical (unpaired) electrons. The van der Waals surface area contributed by atoms with Crippen LogP contribution in [-0.2, 0) is 19.1 Å². The molecule has 0 aromatic heterocycles. The molecule has 6 heteroatoms. The van der Waals surface area contributed by atoms with Gasteiger partial charge in [-0.05, 0) is 43.0 Å². The Morgan fingerprint density at radius 3 is 1.40 bits per heavy atom. The van der Waals surface area contributed by atoms with Crippen LogP contribution >= 0.6 is 0 Å². The molecule has 4 aromatic rings. The molecule has 220 valence electrons. The van der Waals surface area contributed by atoms with Crippen LogP contribution in [0.2, 0.25) is 0 Å². The highest BCUT2D eigenvalue weighted by atomic mass is 16.5. The summed E-state index contributed by atoms with van der Waals surface area (Å²) in [7, 11) is 0. The van der Waals surface area contributed by atoms with Gasteiger partial charge in [0.25, 0.3) is 11.8 Å². The highest BCUT2D eigenvalue weighted by Crippen LogP contribution is 2.53. The molecule has 43 heavy (non-hydrogen) atoms. The van der Waals surface area contributed by atoms with E-state index in [4.69, 9.17) is 9.47 Å². The minimum atomic E-state index is -0.890. The quantitative estimate of drug-likeness (QED) is 0.201. The summed E-state index contributed by atoms with van der Waals surface area (Å²) in [6.45, 7) is 6.63. The van der Waals surface area contributed by atoms with Crippen molar-refractivity contribution in [2.45, 2.75) is 56.6 Å². The molecular weight excluding hydrogens is 536 g/mol.